The molecule has 3 heterocycles. The Balaban J connectivity index is 1.92. The van der Waals surface area contributed by atoms with Crippen molar-refractivity contribution in [2.24, 2.45) is 5.92 Å². The Morgan fingerprint density at radius 2 is 1.74 bits per heavy atom. The number of hydrogen-bond donors (Lipinski definition) is 1. The normalized spacial score (nSPS) is 21.9. The van der Waals surface area contributed by atoms with Crippen LogP contribution >= 0.6 is 11.3 Å². The van der Waals surface area contributed by atoms with Crippen molar-refractivity contribution in [2.75, 3.05) is 0 Å². The van der Waals surface area contributed by atoms with E-state index in [0.717, 1.165) is 23.9 Å². The van der Waals surface area contributed by atoms with Crippen LogP contribution < -0.4 is 0 Å². The zero-order valence-corrected chi connectivity index (χ0v) is 23.3. The Labute approximate surface area is 229 Å². The predicted octanol–water partition coefficient (Wildman–Crippen LogP) is 7.09. The lowest BCUT2D eigenvalue weighted by Gasteiger charge is -2.38. The van der Waals surface area contributed by atoms with E-state index < -0.39 is 41.1 Å². The molecule has 0 bridgehead atoms. The van der Waals surface area contributed by atoms with Gasteiger partial charge in [-0.15, -0.1) is 11.3 Å². The fourth-order valence-electron chi connectivity index (χ4n) is 5.48. The van der Waals surface area contributed by atoms with Crippen molar-refractivity contribution in [3.05, 3.63) is 81.6 Å². The number of aromatic nitrogens is 2. The number of halogens is 3. The number of alkyl halides is 3. The molecule has 1 aliphatic heterocycles. The molecule has 0 spiro atoms. The molecule has 0 aliphatic carbocycles. The van der Waals surface area contributed by atoms with Gasteiger partial charge in [-0.25, -0.2) is 9.78 Å². The number of carboxylic acid groups (broad SMARTS) is 1. The molecular weight excluding hydrogens is 527 g/mol. The number of carboxylic acids is 1. The number of carbonyl (C=O) groups is 2. The smallest absolute Gasteiger partial charge is 0.416 e. The highest BCUT2D eigenvalue weighted by Gasteiger charge is 2.60. The minimum Gasteiger partial charge on any atom is -0.479 e. The summed E-state index contributed by atoms with van der Waals surface area (Å²) in [6.07, 6.45) is -1.95. The first-order valence-corrected chi connectivity index (χ1v) is 13.6. The standard InChI is InChI=1S/C29H32F3N3O3S/c1-17(2)15-28(26(37)38)16-21(22-14-20(10-11-33-22)29(30,31)32)23(24-34-12-13-39-24)35(28)25(36)18-6-8-19(9-7-18)27(3,4)5/h6-14,17,21,23H,15-16H2,1-5H3,(H,37,38)/t21-,23-,28+/m1/s1. The van der Waals surface area contributed by atoms with Gasteiger partial charge in [0, 0.05) is 34.9 Å². The van der Waals surface area contributed by atoms with Crippen molar-refractivity contribution < 1.29 is 27.9 Å². The van der Waals surface area contributed by atoms with Crippen LogP contribution in [0.1, 0.15) is 91.6 Å². The molecule has 4 rings (SSSR count). The average molecular weight is 560 g/mol. The van der Waals surface area contributed by atoms with Crippen LogP contribution in [0.3, 0.4) is 0 Å². The lowest BCUT2D eigenvalue weighted by molar-refractivity contribution is -0.150. The second-order valence-corrected chi connectivity index (χ2v) is 12.5. The second-order valence-electron chi connectivity index (χ2n) is 11.5. The Kier molecular flexibility index (Phi) is 7.64. The van der Waals surface area contributed by atoms with Gasteiger partial charge in [-0.3, -0.25) is 9.78 Å². The fraction of sp³-hybridized carbons (Fsp3) is 0.448. The van der Waals surface area contributed by atoms with Gasteiger partial charge in [-0.05, 0) is 54.0 Å². The number of amides is 1. The number of carbonyl (C=O) groups excluding carboxylic acids is 1. The van der Waals surface area contributed by atoms with Gasteiger partial charge < -0.3 is 10.0 Å². The first-order chi connectivity index (χ1) is 18.1. The van der Waals surface area contributed by atoms with Crippen LogP contribution in [-0.2, 0) is 16.4 Å². The molecule has 39 heavy (non-hydrogen) atoms. The number of pyridine rings is 1. The predicted molar refractivity (Wildman–Crippen MR) is 143 cm³/mol. The number of aliphatic carboxylic acids is 1. The maximum absolute atomic E-state index is 14.3. The Hall–Kier alpha value is -3.27. The highest BCUT2D eigenvalue weighted by atomic mass is 32.1. The van der Waals surface area contributed by atoms with Gasteiger partial charge in [0.05, 0.1) is 11.6 Å². The summed E-state index contributed by atoms with van der Waals surface area (Å²) in [5.74, 6) is -2.64. The largest absolute Gasteiger partial charge is 0.479 e. The van der Waals surface area contributed by atoms with Gasteiger partial charge in [0.2, 0.25) is 0 Å². The lowest BCUT2D eigenvalue weighted by Crippen LogP contribution is -2.54. The number of rotatable bonds is 6. The molecule has 1 aromatic carbocycles. The highest BCUT2D eigenvalue weighted by molar-refractivity contribution is 7.09. The van der Waals surface area contributed by atoms with Crippen LogP contribution in [0.4, 0.5) is 13.2 Å². The zero-order chi connectivity index (χ0) is 28.8. The number of hydrogen-bond acceptors (Lipinski definition) is 5. The fourth-order valence-corrected chi connectivity index (χ4v) is 6.28. The minimum atomic E-state index is -4.60. The number of likely N-dealkylation sites (tertiary alicyclic amines) is 1. The van der Waals surface area contributed by atoms with Crippen molar-refractivity contribution in [2.45, 2.75) is 76.6 Å². The summed E-state index contributed by atoms with van der Waals surface area (Å²) in [4.78, 5) is 37.4. The first-order valence-electron chi connectivity index (χ1n) is 12.8. The third kappa shape index (κ3) is 5.57. The first kappa shape index (κ1) is 28.7. The quantitative estimate of drug-likeness (QED) is 0.349. The van der Waals surface area contributed by atoms with Crippen LogP contribution in [0.2, 0.25) is 0 Å². The van der Waals surface area contributed by atoms with E-state index in [4.69, 9.17) is 0 Å². The number of nitrogens with zero attached hydrogens (tertiary/aromatic N) is 3. The Bertz CT molecular complexity index is 1330. The monoisotopic (exact) mass is 559 g/mol. The van der Waals surface area contributed by atoms with E-state index in [-0.39, 0.29) is 29.9 Å². The summed E-state index contributed by atoms with van der Waals surface area (Å²) < 4.78 is 40.9. The molecule has 1 fully saturated rings. The van der Waals surface area contributed by atoms with Crippen molar-refractivity contribution >= 4 is 23.2 Å². The number of benzene rings is 1. The highest BCUT2D eigenvalue weighted by Crippen LogP contribution is 2.54. The third-order valence-electron chi connectivity index (χ3n) is 7.23. The second kappa shape index (κ2) is 10.4. The topological polar surface area (TPSA) is 83.4 Å². The molecule has 6 nitrogen and oxygen atoms in total. The Morgan fingerprint density at radius 1 is 1.08 bits per heavy atom. The summed E-state index contributed by atoms with van der Waals surface area (Å²) in [6, 6.07) is 7.98. The van der Waals surface area contributed by atoms with Gasteiger partial charge in [0.1, 0.15) is 10.5 Å². The summed E-state index contributed by atoms with van der Waals surface area (Å²) >= 11 is 1.23. The van der Waals surface area contributed by atoms with E-state index in [1.54, 1.807) is 23.7 Å². The van der Waals surface area contributed by atoms with Gasteiger partial charge in [0.25, 0.3) is 5.91 Å². The molecule has 0 saturated carbocycles. The molecule has 3 atom stereocenters. The van der Waals surface area contributed by atoms with E-state index in [0.29, 0.717) is 10.6 Å². The molecule has 2 aromatic heterocycles. The SMILES string of the molecule is CC(C)C[C@@]1(C(=O)O)C[C@H](c2cc(C(F)(F)F)ccn2)[C@H](c2nccs2)N1C(=O)c1ccc(C(C)(C)C)cc1. The van der Waals surface area contributed by atoms with E-state index >= 15 is 0 Å². The van der Waals surface area contributed by atoms with Gasteiger partial charge in [-0.1, -0.05) is 46.8 Å². The van der Waals surface area contributed by atoms with E-state index in [2.05, 4.69) is 9.97 Å². The number of thiazole rings is 1. The van der Waals surface area contributed by atoms with E-state index in [1.807, 2.05) is 46.8 Å². The van der Waals surface area contributed by atoms with E-state index in [1.165, 1.54) is 16.2 Å². The van der Waals surface area contributed by atoms with Gasteiger partial charge >= 0.3 is 12.1 Å². The van der Waals surface area contributed by atoms with Crippen molar-refractivity contribution in [3.63, 3.8) is 0 Å². The van der Waals surface area contributed by atoms with Crippen LogP contribution in [-0.4, -0.2) is 37.4 Å². The molecule has 0 radical (unpaired) electrons. The minimum absolute atomic E-state index is 0.0813. The maximum atomic E-state index is 14.3. The average Bonchev–Trinajstić information content (AvgIpc) is 3.49. The lowest BCUT2D eigenvalue weighted by atomic mass is 9.82. The molecule has 10 heteroatoms. The molecule has 1 saturated heterocycles. The van der Waals surface area contributed by atoms with Gasteiger partial charge in [0.15, 0.2) is 0 Å². The molecule has 1 amide bonds. The summed E-state index contributed by atoms with van der Waals surface area (Å²) in [6.45, 7) is 9.87. The summed E-state index contributed by atoms with van der Waals surface area (Å²) in [5, 5.41) is 12.8. The molecule has 1 N–H and O–H groups in total. The zero-order valence-electron chi connectivity index (χ0n) is 22.5. The maximum Gasteiger partial charge on any atom is 0.416 e. The van der Waals surface area contributed by atoms with Crippen molar-refractivity contribution in [1.82, 2.24) is 14.9 Å². The van der Waals surface area contributed by atoms with Crippen molar-refractivity contribution in [3.8, 4) is 0 Å². The molecular formula is C29H32F3N3O3S. The van der Waals surface area contributed by atoms with Crippen LogP contribution in [0.5, 0.6) is 0 Å². The Morgan fingerprint density at radius 3 is 2.26 bits per heavy atom. The van der Waals surface area contributed by atoms with Crippen LogP contribution in [0.25, 0.3) is 0 Å². The van der Waals surface area contributed by atoms with E-state index in [9.17, 15) is 27.9 Å². The third-order valence-corrected chi connectivity index (χ3v) is 8.08. The van der Waals surface area contributed by atoms with Crippen LogP contribution in [0, 0.1) is 5.92 Å². The summed E-state index contributed by atoms with van der Waals surface area (Å²) in [5.41, 5.74) is -1.31. The summed E-state index contributed by atoms with van der Waals surface area (Å²) in [7, 11) is 0. The van der Waals surface area contributed by atoms with Gasteiger partial charge in [-0.2, -0.15) is 13.2 Å². The molecule has 208 valence electrons. The van der Waals surface area contributed by atoms with Crippen molar-refractivity contribution in [1.29, 1.82) is 0 Å². The molecule has 3 aromatic rings. The van der Waals surface area contributed by atoms with Crippen LogP contribution in [0.15, 0.2) is 54.2 Å². The molecule has 0 unspecified atom stereocenters. The molecule has 1 aliphatic rings.